The van der Waals surface area contributed by atoms with Gasteiger partial charge in [0.05, 0.1) is 23.6 Å². The number of aromatic nitrogens is 6. The van der Waals surface area contributed by atoms with Crippen LogP contribution < -0.4 is 10.4 Å². The van der Waals surface area contributed by atoms with Gasteiger partial charge in [-0.2, -0.15) is 9.36 Å². The molecular formula is C23H21N7O2. The largest absolute Gasteiger partial charge is 0.473 e. The summed E-state index contributed by atoms with van der Waals surface area (Å²) in [5, 5.41) is 7.75. The third-order valence-corrected chi connectivity index (χ3v) is 5.20. The molecule has 0 spiro atoms. The van der Waals surface area contributed by atoms with Gasteiger partial charge in [-0.3, -0.25) is 4.98 Å². The van der Waals surface area contributed by atoms with E-state index in [1.165, 1.54) is 9.36 Å². The normalized spacial score (nSPS) is 10.7. The summed E-state index contributed by atoms with van der Waals surface area (Å²) < 4.78 is 8.52. The fourth-order valence-electron chi connectivity index (χ4n) is 3.38. The number of hydrogen-bond acceptors (Lipinski definition) is 6. The molecule has 160 valence electrons. The molecule has 1 aromatic carbocycles. The zero-order valence-corrected chi connectivity index (χ0v) is 18.2. The van der Waals surface area contributed by atoms with Crippen LogP contribution in [-0.2, 0) is 13.7 Å². The number of benzene rings is 1. The van der Waals surface area contributed by atoms with Crippen LogP contribution in [0.25, 0.3) is 21.8 Å². The van der Waals surface area contributed by atoms with Gasteiger partial charge >= 0.3 is 5.69 Å². The Morgan fingerprint density at radius 1 is 1.09 bits per heavy atom. The molecule has 0 amide bonds. The molecule has 0 aliphatic carbocycles. The van der Waals surface area contributed by atoms with Crippen molar-refractivity contribution < 1.29 is 4.74 Å². The summed E-state index contributed by atoms with van der Waals surface area (Å²) >= 11 is 0. The summed E-state index contributed by atoms with van der Waals surface area (Å²) in [5.74, 6) is 0.504. The van der Waals surface area contributed by atoms with Gasteiger partial charge in [-0.05, 0) is 55.0 Å². The second-order valence-electron chi connectivity index (χ2n) is 7.41. The van der Waals surface area contributed by atoms with E-state index in [1.807, 2.05) is 51.1 Å². The van der Waals surface area contributed by atoms with Crippen LogP contribution in [0, 0.1) is 27.3 Å². The van der Waals surface area contributed by atoms with Gasteiger partial charge in [0.1, 0.15) is 6.61 Å². The van der Waals surface area contributed by atoms with E-state index in [4.69, 9.17) is 11.3 Å². The maximum absolute atomic E-state index is 12.3. The molecule has 3 heterocycles. The summed E-state index contributed by atoms with van der Waals surface area (Å²) in [7, 11) is 1.56. The molecule has 4 aromatic rings. The summed E-state index contributed by atoms with van der Waals surface area (Å²) in [6.07, 6.45) is 1.55. The van der Waals surface area contributed by atoms with Gasteiger partial charge in [0.15, 0.2) is 0 Å². The molecule has 4 rings (SSSR count). The van der Waals surface area contributed by atoms with E-state index >= 15 is 0 Å². The Balaban J connectivity index is 1.64. The van der Waals surface area contributed by atoms with Gasteiger partial charge in [0, 0.05) is 29.9 Å². The lowest BCUT2D eigenvalue weighted by atomic mass is 10.1. The Morgan fingerprint density at radius 2 is 1.91 bits per heavy atom. The Morgan fingerprint density at radius 3 is 2.56 bits per heavy atom. The molecule has 0 aliphatic heterocycles. The second-order valence-corrected chi connectivity index (χ2v) is 7.41. The number of rotatable bonds is 5. The first kappa shape index (κ1) is 20.9. The minimum absolute atomic E-state index is 0.218. The number of ether oxygens (including phenoxy) is 1. The smallest absolute Gasteiger partial charge is 0.368 e. The van der Waals surface area contributed by atoms with Crippen LogP contribution in [0.1, 0.15) is 22.4 Å². The first-order valence-corrected chi connectivity index (χ1v) is 9.92. The van der Waals surface area contributed by atoms with Crippen molar-refractivity contribution in [2.45, 2.75) is 27.4 Å². The van der Waals surface area contributed by atoms with Gasteiger partial charge in [-0.25, -0.2) is 14.6 Å². The standard InChI is InChI=1S/C23H21N7O2/c1-14-7-6-8-21(30-23(31)29(5)27-28-30)19(14)13-32-22-15(2)11-18(16(3)26-22)20-10-9-17(24-4)12-25-20/h6-12H,13H2,1-3,5H3. The molecule has 9 heteroatoms. The van der Waals surface area contributed by atoms with E-state index in [0.29, 0.717) is 17.3 Å². The summed E-state index contributed by atoms with van der Waals surface area (Å²) in [4.78, 5) is 24.7. The third kappa shape index (κ3) is 3.86. The Labute approximate surface area is 184 Å². The zero-order chi connectivity index (χ0) is 22.8. The zero-order valence-electron chi connectivity index (χ0n) is 18.2. The van der Waals surface area contributed by atoms with E-state index in [2.05, 4.69) is 25.2 Å². The molecule has 0 N–H and O–H groups in total. The molecular weight excluding hydrogens is 406 g/mol. The van der Waals surface area contributed by atoms with E-state index in [9.17, 15) is 4.79 Å². The average molecular weight is 427 g/mol. The molecule has 0 saturated carbocycles. The van der Waals surface area contributed by atoms with Crippen molar-refractivity contribution in [1.29, 1.82) is 0 Å². The van der Waals surface area contributed by atoms with Crippen molar-refractivity contribution in [3.8, 4) is 22.8 Å². The number of hydrogen-bond donors (Lipinski definition) is 0. The van der Waals surface area contributed by atoms with Gasteiger partial charge in [-0.1, -0.05) is 18.2 Å². The van der Waals surface area contributed by atoms with Crippen molar-refractivity contribution >= 4 is 5.69 Å². The third-order valence-electron chi connectivity index (χ3n) is 5.20. The molecule has 3 aromatic heterocycles. The van der Waals surface area contributed by atoms with E-state index in [0.717, 1.165) is 33.6 Å². The molecule has 0 fully saturated rings. The molecule has 9 nitrogen and oxygen atoms in total. The van der Waals surface area contributed by atoms with Crippen molar-refractivity contribution in [2.24, 2.45) is 7.05 Å². The number of aryl methyl sites for hydroxylation is 4. The Bertz CT molecular complexity index is 1400. The van der Waals surface area contributed by atoms with E-state index < -0.39 is 0 Å². The highest BCUT2D eigenvalue weighted by molar-refractivity contribution is 5.65. The summed E-state index contributed by atoms with van der Waals surface area (Å²) in [6.45, 7) is 13.1. The minimum Gasteiger partial charge on any atom is -0.473 e. The maximum atomic E-state index is 12.3. The van der Waals surface area contributed by atoms with Gasteiger partial charge in [0.2, 0.25) is 11.6 Å². The number of pyridine rings is 2. The summed E-state index contributed by atoms with van der Waals surface area (Å²) in [5.41, 5.74) is 5.84. The summed E-state index contributed by atoms with van der Waals surface area (Å²) in [6, 6.07) is 11.2. The Hall–Kier alpha value is -4.32. The predicted octanol–water partition coefficient (Wildman–Crippen LogP) is 3.48. The first-order valence-electron chi connectivity index (χ1n) is 9.92. The highest BCUT2D eigenvalue weighted by Crippen LogP contribution is 2.28. The van der Waals surface area contributed by atoms with Gasteiger partial charge < -0.3 is 4.74 Å². The van der Waals surface area contributed by atoms with Crippen LogP contribution in [0.3, 0.4) is 0 Å². The lowest BCUT2D eigenvalue weighted by Gasteiger charge is -2.15. The second kappa shape index (κ2) is 8.43. The molecule has 0 saturated heterocycles. The van der Waals surface area contributed by atoms with Crippen molar-refractivity contribution in [2.75, 3.05) is 0 Å². The van der Waals surface area contributed by atoms with Crippen LogP contribution >= 0.6 is 0 Å². The van der Waals surface area contributed by atoms with Crippen LogP contribution in [-0.4, -0.2) is 29.8 Å². The Kier molecular flexibility index (Phi) is 5.52. The molecule has 0 radical (unpaired) electrons. The molecule has 32 heavy (non-hydrogen) atoms. The molecule has 0 bridgehead atoms. The topological polar surface area (TPSA) is 92.1 Å². The highest BCUT2D eigenvalue weighted by atomic mass is 16.5. The van der Waals surface area contributed by atoms with Crippen molar-refractivity contribution in [3.63, 3.8) is 0 Å². The fraction of sp³-hybridized carbons (Fsp3) is 0.217. The van der Waals surface area contributed by atoms with Crippen LogP contribution in [0.2, 0.25) is 0 Å². The molecule has 0 unspecified atom stereocenters. The fourth-order valence-corrected chi connectivity index (χ4v) is 3.38. The maximum Gasteiger partial charge on any atom is 0.368 e. The van der Waals surface area contributed by atoms with Crippen LogP contribution in [0.15, 0.2) is 47.4 Å². The van der Waals surface area contributed by atoms with Crippen molar-refractivity contribution in [3.05, 3.63) is 86.9 Å². The van der Waals surface area contributed by atoms with Crippen molar-refractivity contribution in [1.82, 2.24) is 29.8 Å². The number of nitrogens with zero attached hydrogens (tertiary/aromatic N) is 7. The SMILES string of the molecule is [C-]#[N+]c1ccc(-c2cc(C)c(OCc3c(C)cccc3-n3nnn(C)c3=O)nc2C)nc1. The monoisotopic (exact) mass is 427 g/mol. The lowest BCUT2D eigenvalue weighted by molar-refractivity contribution is 0.290. The van der Waals surface area contributed by atoms with E-state index in [-0.39, 0.29) is 12.3 Å². The molecule has 0 atom stereocenters. The molecule has 0 aliphatic rings. The minimum atomic E-state index is -0.330. The first-order chi connectivity index (χ1) is 15.4. The van der Waals surface area contributed by atoms with Gasteiger partial charge in [-0.15, -0.1) is 0 Å². The van der Waals surface area contributed by atoms with E-state index in [1.54, 1.807) is 19.3 Å². The highest BCUT2D eigenvalue weighted by Gasteiger charge is 2.15. The number of tetrazole rings is 1. The van der Waals surface area contributed by atoms with Crippen LogP contribution in [0.5, 0.6) is 5.88 Å². The van der Waals surface area contributed by atoms with Crippen LogP contribution in [0.4, 0.5) is 5.69 Å². The quantitative estimate of drug-likeness (QED) is 0.453. The lowest BCUT2D eigenvalue weighted by Crippen LogP contribution is -2.23. The average Bonchev–Trinajstić information content (AvgIpc) is 3.13. The predicted molar refractivity (Wildman–Crippen MR) is 119 cm³/mol. The van der Waals surface area contributed by atoms with Gasteiger partial charge in [0.25, 0.3) is 0 Å².